The van der Waals surface area contributed by atoms with Gasteiger partial charge in [0.05, 0.1) is 17.1 Å². The second kappa shape index (κ2) is 8.57. The van der Waals surface area contributed by atoms with Crippen LogP contribution in [0, 0.1) is 0 Å². The van der Waals surface area contributed by atoms with Gasteiger partial charge in [-0.05, 0) is 36.4 Å². The zero-order valence-electron chi connectivity index (χ0n) is 16.7. The number of thiophene rings is 1. The molecule has 2 fully saturated rings. The number of aromatic nitrogens is 2. The number of carbonyl (C=O) groups excluding carboxylic acids is 1. The van der Waals surface area contributed by atoms with Gasteiger partial charge in [-0.1, -0.05) is 12.1 Å². The molecule has 8 heteroatoms. The summed E-state index contributed by atoms with van der Waals surface area (Å²) in [6.45, 7) is 4.06. The summed E-state index contributed by atoms with van der Waals surface area (Å²) in [4.78, 5) is 27.2. The highest BCUT2D eigenvalue weighted by Gasteiger charge is 2.26. The summed E-state index contributed by atoms with van der Waals surface area (Å²) in [6, 6.07) is 9.57. The molecule has 2 aliphatic rings. The minimum absolute atomic E-state index is 0.0148. The third kappa shape index (κ3) is 3.85. The quantitative estimate of drug-likeness (QED) is 0.627. The zero-order chi connectivity index (χ0) is 20.3. The van der Waals surface area contributed by atoms with Crippen LogP contribution in [0.3, 0.4) is 0 Å². The Morgan fingerprint density at radius 3 is 2.87 bits per heavy atom. The molecule has 1 amide bonds. The largest absolute Gasteiger partial charge is 0.490 e. The average molecular weight is 425 g/mol. The maximum atomic E-state index is 13.2. The molecule has 5 rings (SSSR count). The second-order valence-corrected chi connectivity index (χ2v) is 8.45. The number of anilines is 1. The summed E-state index contributed by atoms with van der Waals surface area (Å²) in [7, 11) is 0. The molecule has 2 saturated heterocycles. The first-order valence-electron chi connectivity index (χ1n) is 10.4. The molecule has 0 radical (unpaired) electrons. The van der Waals surface area contributed by atoms with Crippen LogP contribution in [0.2, 0.25) is 0 Å². The molecular formula is C22H24N4O3S. The van der Waals surface area contributed by atoms with E-state index in [0.29, 0.717) is 31.0 Å². The number of nitrogens with zero attached hydrogens (tertiary/aromatic N) is 4. The van der Waals surface area contributed by atoms with Crippen LogP contribution in [0.4, 0.5) is 5.82 Å². The van der Waals surface area contributed by atoms with E-state index in [1.54, 1.807) is 17.7 Å². The van der Waals surface area contributed by atoms with Gasteiger partial charge >= 0.3 is 0 Å². The predicted octanol–water partition coefficient (Wildman–Crippen LogP) is 3.21. The first-order chi connectivity index (χ1) is 14.8. The molecule has 0 saturated carbocycles. The number of hydrogen-bond donors (Lipinski definition) is 0. The topological polar surface area (TPSA) is 67.8 Å². The van der Waals surface area contributed by atoms with Crippen molar-refractivity contribution in [2.24, 2.45) is 0 Å². The van der Waals surface area contributed by atoms with E-state index in [9.17, 15) is 4.79 Å². The third-order valence-electron chi connectivity index (χ3n) is 5.67. The van der Waals surface area contributed by atoms with E-state index in [0.717, 1.165) is 48.6 Å². The van der Waals surface area contributed by atoms with Crippen molar-refractivity contribution in [3.8, 4) is 5.75 Å². The maximum absolute atomic E-state index is 13.2. The molecule has 4 heterocycles. The number of fused-ring (bicyclic) bond motifs is 1. The van der Waals surface area contributed by atoms with E-state index in [4.69, 9.17) is 9.47 Å². The van der Waals surface area contributed by atoms with Gasteiger partial charge in [0.1, 0.15) is 29.3 Å². The van der Waals surface area contributed by atoms with Crippen molar-refractivity contribution in [1.29, 1.82) is 0 Å². The molecule has 1 unspecified atom stereocenters. The van der Waals surface area contributed by atoms with Gasteiger partial charge in [-0.15, -0.1) is 11.3 Å². The van der Waals surface area contributed by atoms with Crippen molar-refractivity contribution in [2.75, 3.05) is 44.3 Å². The molecule has 1 atom stereocenters. The Hall–Kier alpha value is -2.71. The monoisotopic (exact) mass is 424 g/mol. The van der Waals surface area contributed by atoms with Gasteiger partial charge < -0.3 is 19.3 Å². The molecule has 0 spiro atoms. The van der Waals surface area contributed by atoms with Crippen LogP contribution in [0.5, 0.6) is 5.75 Å². The number of ether oxygens (including phenoxy) is 2. The van der Waals surface area contributed by atoms with Crippen LogP contribution in [0.1, 0.15) is 23.2 Å². The summed E-state index contributed by atoms with van der Waals surface area (Å²) < 4.78 is 11.6. The Labute approximate surface area is 179 Å². The van der Waals surface area contributed by atoms with Gasteiger partial charge in [0.25, 0.3) is 5.91 Å². The molecule has 0 bridgehead atoms. The summed E-state index contributed by atoms with van der Waals surface area (Å²) in [6.07, 6.45) is 3.83. The Morgan fingerprint density at radius 2 is 2.03 bits per heavy atom. The minimum atomic E-state index is 0.0148. The molecule has 2 aromatic heterocycles. The van der Waals surface area contributed by atoms with Gasteiger partial charge in [-0.25, -0.2) is 9.97 Å². The minimum Gasteiger partial charge on any atom is -0.490 e. The predicted molar refractivity (Wildman–Crippen MR) is 116 cm³/mol. The number of hydrogen-bond acceptors (Lipinski definition) is 7. The van der Waals surface area contributed by atoms with Crippen LogP contribution in [-0.4, -0.2) is 66.3 Å². The van der Waals surface area contributed by atoms with Gasteiger partial charge in [-0.2, -0.15) is 0 Å². The summed E-state index contributed by atoms with van der Waals surface area (Å²) in [5.74, 6) is 1.60. The Morgan fingerprint density at radius 1 is 1.17 bits per heavy atom. The van der Waals surface area contributed by atoms with Crippen molar-refractivity contribution in [3.05, 3.63) is 47.6 Å². The lowest BCUT2D eigenvalue weighted by atomic mass is 10.1. The van der Waals surface area contributed by atoms with E-state index in [1.165, 1.54) is 0 Å². The highest BCUT2D eigenvalue weighted by Crippen LogP contribution is 2.28. The van der Waals surface area contributed by atoms with Crippen LogP contribution >= 0.6 is 11.3 Å². The Bertz CT molecular complexity index is 1030. The normalized spacial score (nSPS) is 19.4. The molecule has 156 valence electrons. The molecule has 2 aliphatic heterocycles. The van der Waals surface area contributed by atoms with Gasteiger partial charge in [-0.3, -0.25) is 4.79 Å². The van der Waals surface area contributed by atoms with E-state index >= 15 is 0 Å². The van der Waals surface area contributed by atoms with E-state index in [1.807, 2.05) is 34.5 Å². The highest BCUT2D eigenvalue weighted by molar-refractivity contribution is 7.16. The zero-order valence-corrected chi connectivity index (χ0v) is 17.5. The maximum Gasteiger partial charge on any atom is 0.257 e. The summed E-state index contributed by atoms with van der Waals surface area (Å²) in [5, 5.41) is 3.12. The van der Waals surface area contributed by atoms with E-state index in [2.05, 4.69) is 20.9 Å². The number of carbonyl (C=O) groups is 1. The van der Waals surface area contributed by atoms with Crippen LogP contribution < -0.4 is 9.64 Å². The van der Waals surface area contributed by atoms with E-state index < -0.39 is 0 Å². The van der Waals surface area contributed by atoms with Crippen molar-refractivity contribution in [2.45, 2.75) is 18.9 Å². The first-order valence-corrected chi connectivity index (χ1v) is 11.2. The molecule has 0 N–H and O–H groups in total. The smallest absolute Gasteiger partial charge is 0.257 e. The fourth-order valence-electron chi connectivity index (χ4n) is 4.05. The second-order valence-electron chi connectivity index (χ2n) is 7.56. The molecule has 7 nitrogen and oxygen atoms in total. The highest BCUT2D eigenvalue weighted by atomic mass is 32.1. The number of benzene rings is 1. The van der Waals surface area contributed by atoms with Gasteiger partial charge in [0, 0.05) is 32.8 Å². The van der Waals surface area contributed by atoms with Gasteiger partial charge in [0.2, 0.25) is 0 Å². The SMILES string of the molecule is O=C(c1ccccc1OCC1CCCO1)N1CCN(c2ncnc3sccc23)CC1. The molecular weight excluding hydrogens is 400 g/mol. The Kier molecular flexibility index (Phi) is 5.50. The van der Waals surface area contributed by atoms with Crippen LogP contribution in [0.15, 0.2) is 42.0 Å². The third-order valence-corrected chi connectivity index (χ3v) is 6.49. The standard InChI is InChI=1S/C22H24N4O3S/c27-22(17-5-1-2-6-19(17)29-14-16-4-3-12-28-16)26-10-8-25(9-11-26)20-18-7-13-30-21(18)24-15-23-20/h1-2,5-7,13,15-16H,3-4,8-12,14H2. The fourth-order valence-corrected chi connectivity index (χ4v) is 4.78. The van der Waals surface area contributed by atoms with Crippen molar-refractivity contribution in [3.63, 3.8) is 0 Å². The van der Waals surface area contributed by atoms with Crippen molar-refractivity contribution in [1.82, 2.24) is 14.9 Å². The van der Waals surface area contributed by atoms with Crippen LogP contribution in [0.25, 0.3) is 10.2 Å². The molecule has 30 heavy (non-hydrogen) atoms. The van der Waals surface area contributed by atoms with Crippen molar-refractivity contribution < 1.29 is 14.3 Å². The number of rotatable bonds is 5. The summed E-state index contributed by atoms with van der Waals surface area (Å²) in [5.41, 5.74) is 0.617. The van der Waals surface area contributed by atoms with E-state index in [-0.39, 0.29) is 12.0 Å². The lowest BCUT2D eigenvalue weighted by Gasteiger charge is -2.35. The molecule has 1 aromatic carbocycles. The molecule has 0 aliphatic carbocycles. The average Bonchev–Trinajstić information content (AvgIpc) is 3.49. The fraction of sp³-hybridized carbons (Fsp3) is 0.409. The summed E-state index contributed by atoms with van der Waals surface area (Å²) >= 11 is 1.62. The number of para-hydroxylation sites is 1. The molecule has 3 aromatic rings. The first kappa shape index (κ1) is 19.3. The number of piperazine rings is 1. The Balaban J connectivity index is 1.25. The lowest BCUT2D eigenvalue weighted by molar-refractivity contribution is 0.0648. The van der Waals surface area contributed by atoms with Crippen molar-refractivity contribution >= 4 is 33.3 Å². The van der Waals surface area contributed by atoms with Gasteiger partial charge in [0.15, 0.2) is 0 Å². The lowest BCUT2D eigenvalue weighted by Crippen LogP contribution is -2.49. The van der Waals surface area contributed by atoms with Crippen LogP contribution in [-0.2, 0) is 4.74 Å². The number of amides is 1.